The molecule has 0 heterocycles. The van der Waals surface area contributed by atoms with Crippen molar-refractivity contribution in [2.45, 2.75) is 20.3 Å². The Morgan fingerprint density at radius 3 is 2.50 bits per heavy atom. The van der Waals surface area contributed by atoms with Crippen LogP contribution in [0, 0.1) is 5.92 Å². The third-order valence-electron chi connectivity index (χ3n) is 1.91. The lowest BCUT2D eigenvalue weighted by Crippen LogP contribution is -2.42. The molecule has 0 aliphatic rings. The van der Waals surface area contributed by atoms with Gasteiger partial charge in [0.15, 0.2) is 0 Å². The molecule has 8 heteroatoms. The van der Waals surface area contributed by atoms with Gasteiger partial charge >= 0.3 is 0 Å². The molecule has 0 bridgehead atoms. The van der Waals surface area contributed by atoms with E-state index >= 15 is 0 Å². The Hall–Kier alpha value is -0.860. The zero-order chi connectivity index (χ0) is 12.8. The van der Waals surface area contributed by atoms with Gasteiger partial charge in [0.1, 0.15) is 5.84 Å². The average Bonchev–Trinajstić information content (AvgIpc) is 2.22. The fraction of sp³-hybridized carbons (Fsp3) is 0.875. The summed E-state index contributed by atoms with van der Waals surface area (Å²) < 4.78 is 26.7. The molecule has 16 heavy (non-hydrogen) atoms. The summed E-state index contributed by atoms with van der Waals surface area (Å²) >= 11 is 0. The third kappa shape index (κ3) is 5.29. The van der Waals surface area contributed by atoms with E-state index in [0.29, 0.717) is 6.54 Å². The zero-order valence-corrected chi connectivity index (χ0v) is 10.7. The minimum absolute atomic E-state index is 0.0139. The molecular weight excluding hydrogens is 232 g/mol. The van der Waals surface area contributed by atoms with Crippen LogP contribution in [0.5, 0.6) is 0 Å². The van der Waals surface area contributed by atoms with Crippen molar-refractivity contribution in [2.75, 3.05) is 20.1 Å². The van der Waals surface area contributed by atoms with E-state index in [2.05, 4.69) is 9.88 Å². The average molecular weight is 252 g/mol. The van der Waals surface area contributed by atoms with Crippen LogP contribution in [0.2, 0.25) is 0 Å². The van der Waals surface area contributed by atoms with Crippen LogP contribution in [0.15, 0.2) is 5.16 Å². The van der Waals surface area contributed by atoms with E-state index in [-0.39, 0.29) is 24.7 Å². The van der Waals surface area contributed by atoms with Crippen LogP contribution in [0.25, 0.3) is 0 Å². The molecule has 0 saturated carbocycles. The molecule has 0 aliphatic heterocycles. The number of hydrogen-bond acceptors (Lipinski definition) is 4. The van der Waals surface area contributed by atoms with Crippen LogP contribution in [0.4, 0.5) is 0 Å². The van der Waals surface area contributed by atoms with Crippen molar-refractivity contribution in [3.8, 4) is 0 Å². The highest BCUT2D eigenvalue weighted by molar-refractivity contribution is 7.87. The molecule has 7 nitrogen and oxygen atoms in total. The smallest absolute Gasteiger partial charge is 0.279 e. The fourth-order valence-corrected chi connectivity index (χ4v) is 2.22. The fourth-order valence-electron chi connectivity index (χ4n) is 1.14. The Labute approximate surface area is 96.5 Å². The van der Waals surface area contributed by atoms with Gasteiger partial charge in [0.05, 0.1) is 0 Å². The molecule has 0 aromatic heterocycles. The molecular formula is C8H20N4O3S. The minimum Gasteiger partial charge on any atom is -0.409 e. The summed E-state index contributed by atoms with van der Waals surface area (Å²) in [6, 6.07) is 0. The SMILES string of the molecule is CNS(=O)(=O)N(CCC(N)=NO)CC(C)C. The molecule has 4 N–H and O–H groups in total. The predicted molar refractivity (Wildman–Crippen MR) is 62.4 cm³/mol. The van der Waals surface area contributed by atoms with E-state index in [9.17, 15) is 8.42 Å². The minimum atomic E-state index is -3.47. The third-order valence-corrected chi connectivity index (χ3v) is 3.44. The summed E-state index contributed by atoms with van der Waals surface area (Å²) in [5, 5.41) is 11.2. The van der Waals surface area contributed by atoms with Crippen LogP contribution >= 0.6 is 0 Å². The summed E-state index contributed by atoms with van der Waals surface area (Å²) in [6.45, 7) is 4.42. The van der Waals surface area contributed by atoms with Crippen LogP contribution < -0.4 is 10.5 Å². The van der Waals surface area contributed by atoms with Crippen molar-refractivity contribution in [3.05, 3.63) is 0 Å². The number of rotatable bonds is 7. The summed E-state index contributed by atoms with van der Waals surface area (Å²) in [5.74, 6) is 0.218. The van der Waals surface area contributed by atoms with Gasteiger partial charge < -0.3 is 10.9 Å². The maximum atomic E-state index is 11.6. The topological polar surface area (TPSA) is 108 Å². The van der Waals surface area contributed by atoms with Gasteiger partial charge in [-0.25, -0.2) is 4.72 Å². The lowest BCUT2D eigenvalue weighted by Gasteiger charge is -2.22. The van der Waals surface area contributed by atoms with Gasteiger partial charge in [-0.15, -0.1) is 0 Å². The highest BCUT2D eigenvalue weighted by Gasteiger charge is 2.20. The van der Waals surface area contributed by atoms with Gasteiger partial charge in [-0.2, -0.15) is 12.7 Å². The van der Waals surface area contributed by atoms with Gasteiger partial charge in [-0.3, -0.25) is 0 Å². The molecule has 0 aliphatic carbocycles. The van der Waals surface area contributed by atoms with Crippen molar-refractivity contribution in [1.29, 1.82) is 0 Å². The Morgan fingerprint density at radius 2 is 2.12 bits per heavy atom. The largest absolute Gasteiger partial charge is 0.409 e. The molecule has 0 atom stereocenters. The first-order valence-electron chi connectivity index (χ1n) is 4.98. The number of amidine groups is 1. The van der Waals surface area contributed by atoms with E-state index < -0.39 is 10.2 Å². The highest BCUT2D eigenvalue weighted by Crippen LogP contribution is 2.04. The first kappa shape index (κ1) is 15.1. The van der Waals surface area contributed by atoms with E-state index in [4.69, 9.17) is 10.9 Å². The van der Waals surface area contributed by atoms with Crippen LogP contribution in [0.3, 0.4) is 0 Å². The molecule has 0 aromatic rings. The number of oxime groups is 1. The van der Waals surface area contributed by atoms with E-state index in [1.165, 1.54) is 11.4 Å². The second-order valence-electron chi connectivity index (χ2n) is 3.80. The quantitative estimate of drug-likeness (QED) is 0.247. The maximum absolute atomic E-state index is 11.6. The number of nitrogens with one attached hydrogen (secondary N) is 1. The van der Waals surface area contributed by atoms with Crippen molar-refractivity contribution in [1.82, 2.24) is 9.03 Å². The Morgan fingerprint density at radius 1 is 1.56 bits per heavy atom. The molecule has 0 fully saturated rings. The van der Waals surface area contributed by atoms with Crippen LogP contribution in [-0.4, -0.2) is 43.9 Å². The van der Waals surface area contributed by atoms with E-state index in [1.54, 1.807) is 0 Å². The number of nitrogens with zero attached hydrogens (tertiary/aromatic N) is 2. The van der Waals surface area contributed by atoms with Gasteiger partial charge in [-0.1, -0.05) is 19.0 Å². The Kier molecular flexibility index (Phi) is 6.31. The molecule has 0 unspecified atom stereocenters. The molecule has 0 rings (SSSR count). The van der Waals surface area contributed by atoms with Crippen molar-refractivity contribution in [3.63, 3.8) is 0 Å². The zero-order valence-electron chi connectivity index (χ0n) is 9.84. The van der Waals surface area contributed by atoms with Crippen molar-refractivity contribution >= 4 is 16.0 Å². The summed E-state index contributed by atoms with van der Waals surface area (Å²) in [6.07, 6.45) is 0.199. The maximum Gasteiger partial charge on any atom is 0.279 e. The van der Waals surface area contributed by atoms with Gasteiger partial charge in [0, 0.05) is 26.6 Å². The summed E-state index contributed by atoms with van der Waals surface area (Å²) in [5.41, 5.74) is 5.29. The molecule has 0 saturated heterocycles. The van der Waals surface area contributed by atoms with Gasteiger partial charge in [0.25, 0.3) is 10.2 Å². The van der Waals surface area contributed by atoms with Crippen molar-refractivity contribution in [2.24, 2.45) is 16.8 Å². The Bertz CT molecular complexity index is 326. The number of hydrogen-bond donors (Lipinski definition) is 3. The molecule has 0 radical (unpaired) electrons. The second-order valence-corrected chi connectivity index (χ2v) is 5.68. The summed E-state index contributed by atoms with van der Waals surface area (Å²) in [4.78, 5) is 0. The lowest BCUT2D eigenvalue weighted by atomic mass is 10.2. The monoisotopic (exact) mass is 252 g/mol. The van der Waals surface area contributed by atoms with E-state index in [1.807, 2.05) is 13.8 Å². The number of nitrogens with two attached hydrogens (primary N) is 1. The second kappa shape index (κ2) is 6.66. The molecule has 0 aromatic carbocycles. The first-order chi connectivity index (χ1) is 7.33. The van der Waals surface area contributed by atoms with Crippen molar-refractivity contribution < 1.29 is 13.6 Å². The standard InChI is InChI=1S/C8H20N4O3S/c1-7(2)6-12(16(14,15)10-3)5-4-8(9)11-13/h7,10,13H,4-6H2,1-3H3,(H2,9,11). The Balaban J connectivity index is 4.57. The van der Waals surface area contributed by atoms with Crippen LogP contribution in [-0.2, 0) is 10.2 Å². The first-order valence-corrected chi connectivity index (χ1v) is 6.42. The van der Waals surface area contributed by atoms with Gasteiger partial charge in [0.2, 0.25) is 0 Å². The van der Waals surface area contributed by atoms with Crippen LogP contribution in [0.1, 0.15) is 20.3 Å². The normalized spacial score (nSPS) is 13.7. The van der Waals surface area contributed by atoms with Gasteiger partial charge in [-0.05, 0) is 5.92 Å². The predicted octanol–water partition coefficient (Wildman–Crippen LogP) is -0.455. The molecule has 0 spiro atoms. The summed E-state index contributed by atoms with van der Waals surface area (Å²) in [7, 11) is -2.11. The lowest BCUT2D eigenvalue weighted by molar-refractivity contribution is 0.314. The molecule has 0 amide bonds. The molecule has 96 valence electrons. The van der Waals surface area contributed by atoms with E-state index in [0.717, 1.165) is 0 Å². The highest BCUT2D eigenvalue weighted by atomic mass is 32.2.